The van der Waals surface area contributed by atoms with Crippen molar-refractivity contribution in [3.05, 3.63) is 12.2 Å². The SMILES string of the molecule is C=C(C)C(=O)C(CC(C)C)NC(=O)[C@H](C)NC(=O)C(NC(=O)CCCCC)C(C)C. The van der Waals surface area contributed by atoms with E-state index in [0.717, 1.165) is 19.3 Å². The summed E-state index contributed by atoms with van der Waals surface area (Å²) in [6, 6.07) is -2.24. The van der Waals surface area contributed by atoms with Gasteiger partial charge in [0.05, 0.1) is 6.04 Å². The van der Waals surface area contributed by atoms with Crippen molar-refractivity contribution in [2.75, 3.05) is 0 Å². The maximum absolute atomic E-state index is 12.7. The highest BCUT2D eigenvalue weighted by Crippen LogP contribution is 2.10. The second kappa shape index (κ2) is 13.9. The van der Waals surface area contributed by atoms with Crippen molar-refractivity contribution in [2.24, 2.45) is 11.8 Å². The van der Waals surface area contributed by atoms with Gasteiger partial charge in [-0.15, -0.1) is 0 Å². The molecule has 7 heteroatoms. The van der Waals surface area contributed by atoms with Crippen LogP contribution in [-0.4, -0.2) is 41.6 Å². The smallest absolute Gasteiger partial charge is 0.243 e. The molecule has 0 bridgehead atoms. The number of hydrogen-bond acceptors (Lipinski definition) is 4. The molecule has 2 unspecified atom stereocenters. The van der Waals surface area contributed by atoms with Crippen LogP contribution in [0.5, 0.6) is 0 Å². The summed E-state index contributed by atoms with van der Waals surface area (Å²) in [5.74, 6) is -1.16. The molecular weight excluding hydrogens is 382 g/mol. The van der Waals surface area contributed by atoms with E-state index in [9.17, 15) is 19.2 Å². The quantitative estimate of drug-likeness (QED) is 0.295. The molecule has 0 aromatic carbocycles. The minimum Gasteiger partial charge on any atom is -0.344 e. The van der Waals surface area contributed by atoms with Gasteiger partial charge < -0.3 is 16.0 Å². The molecule has 3 N–H and O–H groups in total. The van der Waals surface area contributed by atoms with E-state index in [2.05, 4.69) is 29.5 Å². The topological polar surface area (TPSA) is 104 Å². The average molecular weight is 424 g/mol. The summed E-state index contributed by atoms with van der Waals surface area (Å²) in [6.45, 7) is 16.5. The third kappa shape index (κ3) is 10.6. The van der Waals surface area contributed by atoms with Crippen LogP contribution in [0.2, 0.25) is 0 Å². The first-order valence-electron chi connectivity index (χ1n) is 11.0. The van der Waals surface area contributed by atoms with Gasteiger partial charge in [-0.25, -0.2) is 0 Å². The number of amides is 3. The summed E-state index contributed by atoms with van der Waals surface area (Å²) in [5.41, 5.74) is 0.378. The minimum absolute atomic E-state index is 0.130. The van der Waals surface area contributed by atoms with Gasteiger partial charge in [0.1, 0.15) is 12.1 Å². The molecule has 0 spiro atoms. The lowest BCUT2D eigenvalue weighted by Gasteiger charge is -2.25. The number of carbonyl (C=O) groups is 4. The highest BCUT2D eigenvalue weighted by Gasteiger charge is 2.29. The Morgan fingerprint density at radius 3 is 1.93 bits per heavy atom. The summed E-state index contributed by atoms with van der Waals surface area (Å²) < 4.78 is 0. The molecule has 30 heavy (non-hydrogen) atoms. The molecule has 0 rings (SSSR count). The molecule has 0 aromatic heterocycles. The summed E-state index contributed by atoms with van der Waals surface area (Å²) in [7, 11) is 0. The number of unbranched alkanes of at least 4 members (excludes halogenated alkanes) is 2. The first-order chi connectivity index (χ1) is 13.9. The van der Waals surface area contributed by atoms with E-state index in [0.29, 0.717) is 18.4 Å². The first-order valence-corrected chi connectivity index (χ1v) is 11.0. The Morgan fingerprint density at radius 2 is 1.47 bits per heavy atom. The van der Waals surface area contributed by atoms with Crippen molar-refractivity contribution in [1.82, 2.24) is 16.0 Å². The van der Waals surface area contributed by atoms with Gasteiger partial charge in [0.15, 0.2) is 5.78 Å². The Hall–Kier alpha value is -2.18. The van der Waals surface area contributed by atoms with Gasteiger partial charge >= 0.3 is 0 Å². The Balaban J connectivity index is 4.98. The molecule has 0 radical (unpaired) electrons. The van der Waals surface area contributed by atoms with Crippen LogP contribution < -0.4 is 16.0 Å². The van der Waals surface area contributed by atoms with Gasteiger partial charge in [-0.3, -0.25) is 19.2 Å². The zero-order valence-electron chi connectivity index (χ0n) is 19.8. The second-order valence-electron chi connectivity index (χ2n) is 8.81. The van der Waals surface area contributed by atoms with Gasteiger partial charge in [0.25, 0.3) is 0 Å². The molecule has 0 saturated carbocycles. The predicted octanol–water partition coefficient (Wildman–Crippen LogP) is 2.89. The molecule has 7 nitrogen and oxygen atoms in total. The maximum Gasteiger partial charge on any atom is 0.243 e. The largest absolute Gasteiger partial charge is 0.344 e. The lowest BCUT2D eigenvalue weighted by Crippen LogP contribution is -2.56. The fourth-order valence-electron chi connectivity index (χ4n) is 2.98. The van der Waals surface area contributed by atoms with Crippen LogP contribution in [-0.2, 0) is 19.2 Å². The van der Waals surface area contributed by atoms with Gasteiger partial charge in [-0.05, 0) is 44.1 Å². The van der Waals surface area contributed by atoms with Gasteiger partial charge in [0.2, 0.25) is 17.7 Å². The van der Waals surface area contributed by atoms with Crippen LogP contribution >= 0.6 is 0 Å². The van der Waals surface area contributed by atoms with Crippen LogP contribution in [0.4, 0.5) is 0 Å². The van der Waals surface area contributed by atoms with Crippen LogP contribution in [0.1, 0.15) is 80.6 Å². The van der Waals surface area contributed by atoms with E-state index >= 15 is 0 Å². The summed E-state index contributed by atoms with van der Waals surface area (Å²) in [6.07, 6.45) is 3.62. The molecule has 0 heterocycles. The van der Waals surface area contributed by atoms with Crippen molar-refractivity contribution in [3.63, 3.8) is 0 Å². The maximum atomic E-state index is 12.7. The van der Waals surface area contributed by atoms with E-state index in [4.69, 9.17) is 0 Å². The molecule has 3 atom stereocenters. The molecular formula is C23H41N3O4. The Bertz CT molecular complexity index is 614. The average Bonchev–Trinajstić information content (AvgIpc) is 2.64. The van der Waals surface area contributed by atoms with E-state index in [-0.39, 0.29) is 23.5 Å². The first kappa shape index (κ1) is 27.8. The Morgan fingerprint density at radius 1 is 0.867 bits per heavy atom. The zero-order valence-corrected chi connectivity index (χ0v) is 19.8. The molecule has 3 amide bonds. The van der Waals surface area contributed by atoms with Crippen molar-refractivity contribution in [1.29, 1.82) is 0 Å². The number of rotatable bonds is 14. The Labute approximate surface area is 181 Å². The predicted molar refractivity (Wildman–Crippen MR) is 120 cm³/mol. The number of ketones is 1. The third-order valence-electron chi connectivity index (χ3n) is 4.79. The number of Topliss-reactive ketones (excluding diaryl/α,β-unsaturated/α-hetero) is 1. The highest BCUT2D eigenvalue weighted by molar-refractivity contribution is 6.01. The summed E-state index contributed by atoms with van der Waals surface area (Å²) in [5, 5.41) is 8.16. The van der Waals surface area contributed by atoms with E-state index < -0.39 is 29.9 Å². The second-order valence-corrected chi connectivity index (χ2v) is 8.81. The number of carbonyl (C=O) groups excluding carboxylic acids is 4. The molecule has 0 aliphatic carbocycles. The van der Waals surface area contributed by atoms with Crippen LogP contribution in [0.15, 0.2) is 12.2 Å². The van der Waals surface area contributed by atoms with Crippen LogP contribution in [0.3, 0.4) is 0 Å². The molecule has 0 aliphatic heterocycles. The number of hydrogen-bond donors (Lipinski definition) is 3. The lowest BCUT2D eigenvalue weighted by molar-refractivity contribution is -0.133. The van der Waals surface area contributed by atoms with E-state index in [1.165, 1.54) is 0 Å². The third-order valence-corrected chi connectivity index (χ3v) is 4.79. The van der Waals surface area contributed by atoms with Crippen molar-refractivity contribution < 1.29 is 19.2 Å². The molecule has 0 fully saturated rings. The summed E-state index contributed by atoms with van der Waals surface area (Å²) >= 11 is 0. The van der Waals surface area contributed by atoms with Crippen LogP contribution in [0.25, 0.3) is 0 Å². The van der Waals surface area contributed by atoms with E-state index in [1.807, 2.05) is 27.7 Å². The van der Waals surface area contributed by atoms with Crippen molar-refractivity contribution >= 4 is 23.5 Å². The van der Waals surface area contributed by atoms with Gasteiger partial charge in [0, 0.05) is 6.42 Å². The van der Waals surface area contributed by atoms with Crippen molar-refractivity contribution in [3.8, 4) is 0 Å². The van der Waals surface area contributed by atoms with Crippen molar-refractivity contribution in [2.45, 2.75) is 98.7 Å². The molecule has 172 valence electrons. The van der Waals surface area contributed by atoms with Gasteiger partial charge in [-0.2, -0.15) is 0 Å². The normalized spacial score (nSPS) is 14.0. The molecule has 0 aromatic rings. The monoisotopic (exact) mass is 423 g/mol. The standard InChI is InChI=1S/C23H41N3O4/c1-9-10-11-12-19(27)26-20(15(4)5)23(30)24-17(8)22(29)25-18(13-14(2)3)21(28)16(6)7/h14-15,17-18,20H,6,9-13H2,1-5,7-8H3,(H,24,30)(H,25,29)(H,26,27)/t17-,18?,20?/m0/s1. The molecule has 0 aliphatic rings. The number of nitrogens with one attached hydrogen (secondary N) is 3. The Kier molecular flexibility index (Phi) is 12.9. The highest BCUT2D eigenvalue weighted by atomic mass is 16.2. The van der Waals surface area contributed by atoms with E-state index in [1.54, 1.807) is 13.8 Å². The van der Waals surface area contributed by atoms with Crippen LogP contribution in [0, 0.1) is 11.8 Å². The fourth-order valence-corrected chi connectivity index (χ4v) is 2.98. The summed E-state index contributed by atoms with van der Waals surface area (Å²) in [4.78, 5) is 49.7. The van der Waals surface area contributed by atoms with Gasteiger partial charge in [-0.1, -0.05) is 54.0 Å². The lowest BCUT2D eigenvalue weighted by atomic mass is 9.97. The zero-order chi connectivity index (χ0) is 23.4. The minimum atomic E-state index is -0.844. The molecule has 0 saturated heterocycles. The fraction of sp³-hybridized carbons (Fsp3) is 0.739.